The molecule has 2 nitrogen and oxygen atoms in total. The Morgan fingerprint density at radius 2 is 1.83 bits per heavy atom. The van der Waals surface area contributed by atoms with E-state index in [1.165, 1.54) is 31.5 Å². The van der Waals surface area contributed by atoms with Crippen LogP contribution < -0.4 is 5.73 Å². The maximum absolute atomic E-state index is 6.68. The van der Waals surface area contributed by atoms with Crippen LogP contribution in [0, 0.1) is 0 Å². The van der Waals surface area contributed by atoms with Gasteiger partial charge in [-0.05, 0) is 50.0 Å². The first kappa shape index (κ1) is 13.9. The summed E-state index contributed by atoms with van der Waals surface area (Å²) in [6.07, 6.45) is 4.74. The number of nitrogens with zero attached hydrogens (tertiary/aromatic N) is 1. The van der Waals surface area contributed by atoms with Gasteiger partial charge in [0.25, 0.3) is 0 Å². The van der Waals surface area contributed by atoms with E-state index in [1.54, 1.807) is 0 Å². The minimum Gasteiger partial charge on any atom is -0.320 e. The number of hydrogen-bond acceptors (Lipinski definition) is 2. The third-order valence-electron chi connectivity index (χ3n) is 3.82. The standard InChI is InChI=1S/C15H23ClN2/c1-2-9-15(17,12-18-10-3-4-11-18)13-5-7-14(16)8-6-13/h5-8H,2-4,9-12,17H2,1H3. The molecule has 0 amide bonds. The third-order valence-corrected chi connectivity index (χ3v) is 4.07. The Morgan fingerprint density at radius 1 is 1.22 bits per heavy atom. The van der Waals surface area contributed by atoms with E-state index in [2.05, 4.69) is 24.0 Å². The molecule has 1 aromatic rings. The first-order chi connectivity index (χ1) is 8.64. The monoisotopic (exact) mass is 266 g/mol. The normalized spacial score (nSPS) is 19.9. The molecule has 2 N–H and O–H groups in total. The average molecular weight is 267 g/mol. The molecule has 0 radical (unpaired) electrons. The fraction of sp³-hybridized carbons (Fsp3) is 0.600. The molecular formula is C15H23ClN2. The molecule has 1 unspecified atom stereocenters. The lowest BCUT2D eigenvalue weighted by molar-refractivity contribution is 0.235. The molecule has 100 valence electrons. The lowest BCUT2D eigenvalue weighted by Crippen LogP contribution is -2.46. The van der Waals surface area contributed by atoms with Gasteiger partial charge in [-0.15, -0.1) is 0 Å². The van der Waals surface area contributed by atoms with Crippen molar-refractivity contribution < 1.29 is 0 Å². The number of benzene rings is 1. The molecule has 1 aliphatic heterocycles. The fourth-order valence-corrected chi connectivity index (χ4v) is 3.01. The van der Waals surface area contributed by atoms with Crippen molar-refractivity contribution in [3.05, 3.63) is 34.9 Å². The van der Waals surface area contributed by atoms with Gasteiger partial charge in [-0.3, -0.25) is 0 Å². The van der Waals surface area contributed by atoms with E-state index in [9.17, 15) is 0 Å². The molecule has 0 aliphatic carbocycles. The van der Waals surface area contributed by atoms with Crippen molar-refractivity contribution in [3.8, 4) is 0 Å². The van der Waals surface area contributed by atoms with Crippen LogP contribution in [-0.2, 0) is 5.54 Å². The quantitative estimate of drug-likeness (QED) is 0.885. The van der Waals surface area contributed by atoms with Crippen LogP contribution in [0.15, 0.2) is 24.3 Å². The number of rotatable bonds is 5. The Balaban J connectivity index is 2.16. The number of nitrogens with two attached hydrogens (primary N) is 1. The predicted molar refractivity (Wildman–Crippen MR) is 77.9 cm³/mol. The van der Waals surface area contributed by atoms with Crippen LogP contribution in [0.25, 0.3) is 0 Å². The third kappa shape index (κ3) is 3.25. The Labute approximate surface area is 115 Å². The number of hydrogen-bond donors (Lipinski definition) is 1. The lowest BCUT2D eigenvalue weighted by atomic mass is 9.86. The molecule has 3 heteroatoms. The molecule has 1 atom stereocenters. The summed E-state index contributed by atoms with van der Waals surface area (Å²) in [6, 6.07) is 8.04. The van der Waals surface area contributed by atoms with Crippen LogP contribution in [0.5, 0.6) is 0 Å². The van der Waals surface area contributed by atoms with E-state index in [0.717, 1.165) is 24.4 Å². The molecule has 0 saturated carbocycles. The summed E-state index contributed by atoms with van der Waals surface area (Å²) < 4.78 is 0. The van der Waals surface area contributed by atoms with E-state index < -0.39 is 0 Å². The molecule has 1 aromatic carbocycles. The van der Waals surface area contributed by atoms with Crippen molar-refractivity contribution in [1.82, 2.24) is 4.90 Å². The van der Waals surface area contributed by atoms with Gasteiger partial charge in [0.05, 0.1) is 5.54 Å². The van der Waals surface area contributed by atoms with Crippen LogP contribution >= 0.6 is 11.6 Å². The van der Waals surface area contributed by atoms with Gasteiger partial charge in [0, 0.05) is 11.6 Å². The zero-order chi connectivity index (χ0) is 13.0. The summed E-state index contributed by atoms with van der Waals surface area (Å²) in [4.78, 5) is 2.49. The van der Waals surface area contributed by atoms with Gasteiger partial charge >= 0.3 is 0 Å². The fourth-order valence-electron chi connectivity index (χ4n) is 2.88. The van der Waals surface area contributed by atoms with Gasteiger partial charge in [-0.1, -0.05) is 37.1 Å². The second-order valence-corrected chi connectivity index (χ2v) is 5.83. The molecule has 0 aromatic heterocycles. The topological polar surface area (TPSA) is 29.3 Å². The van der Waals surface area contributed by atoms with Crippen molar-refractivity contribution in [2.24, 2.45) is 5.73 Å². The molecule has 1 saturated heterocycles. The maximum atomic E-state index is 6.68. The summed E-state index contributed by atoms with van der Waals surface area (Å²) in [5.74, 6) is 0. The molecule has 18 heavy (non-hydrogen) atoms. The summed E-state index contributed by atoms with van der Waals surface area (Å²) >= 11 is 5.96. The highest BCUT2D eigenvalue weighted by atomic mass is 35.5. The van der Waals surface area contributed by atoms with Gasteiger partial charge < -0.3 is 10.6 Å². The second kappa shape index (κ2) is 6.05. The smallest absolute Gasteiger partial charge is 0.0538 e. The Kier molecular flexibility index (Phi) is 4.66. The van der Waals surface area contributed by atoms with E-state index in [4.69, 9.17) is 17.3 Å². The van der Waals surface area contributed by atoms with Gasteiger partial charge in [0.15, 0.2) is 0 Å². The van der Waals surface area contributed by atoms with E-state index >= 15 is 0 Å². The number of likely N-dealkylation sites (tertiary alicyclic amines) is 1. The maximum Gasteiger partial charge on any atom is 0.0538 e. The average Bonchev–Trinajstić information content (AvgIpc) is 2.82. The van der Waals surface area contributed by atoms with Crippen molar-refractivity contribution in [1.29, 1.82) is 0 Å². The Bertz CT molecular complexity index is 371. The minimum atomic E-state index is -0.232. The summed E-state index contributed by atoms with van der Waals surface area (Å²) in [5.41, 5.74) is 7.65. The van der Waals surface area contributed by atoms with E-state index in [1.807, 2.05) is 12.1 Å². The first-order valence-electron chi connectivity index (χ1n) is 6.91. The molecule has 0 bridgehead atoms. The van der Waals surface area contributed by atoms with Gasteiger partial charge in [-0.25, -0.2) is 0 Å². The summed E-state index contributed by atoms with van der Waals surface area (Å²) in [6.45, 7) is 5.54. The van der Waals surface area contributed by atoms with Crippen LogP contribution in [-0.4, -0.2) is 24.5 Å². The van der Waals surface area contributed by atoms with Crippen molar-refractivity contribution in [3.63, 3.8) is 0 Å². The van der Waals surface area contributed by atoms with Crippen molar-refractivity contribution in [2.75, 3.05) is 19.6 Å². The Hall–Kier alpha value is -0.570. The van der Waals surface area contributed by atoms with Gasteiger partial charge in [0.2, 0.25) is 0 Å². The van der Waals surface area contributed by atoms with Crippen LogP contribution in [0.2, 0.25) is 5.02 Å². The minimum absolute atomic E-state index is 0.232. The van der Waals surface area contributed by atoms with E-state index in [-0.39, 0.29) is 5.54 Å². The summed E-state index contributed by atoms with van der Waals surface area (Å²) in [5, 5.41) is 0.777. The highest BCUT2D eigenvalue weighted by Crippen LogP contribution is 2.27. The van der Waals surface area contributed by atoms with Crippen molar-refractivity contribution >= 4 is 11.6 Å². The van der Waals surface area contributed by atoms with Crippen LogP contribution in [0.4, 0.5) is 0 Å². The summed E-state index contributed by atoms with van der Waals surface area (Å²) in [7, 11) is 0. The molecule has 1 fully saturated rings. The molecule has 2 rings (SSSR count). The number of halogens is 1. The largest absolute Gasteiger partial charge is 0.320 e. The Morgan fingerprint density at radius 3 is 2.39 bits per heavy atom. The zero-order valence-electron chi connectivity index (χ0n) is 11.2. The van der Waals surface area contributed by atoms with E-state index in [0.29, 0.717) is 0 Å². The van der Waals surface area contributed by atoms with Crippen LogP contribution in [0.1, 0.15) is 38.2 Å². The molecular weight excluding hydrogens is 244 g/mol. The highest BCUT2D eigenvalue weighted by Gasteiger charge is 2.29. The van der Waals surface area contributed by atoms with Gasteiger partial charge in [-0.2, -0.15) is 0 Å². The van der Waals surface area contributed by atoms with Crippen LogP contribution in [0.3, 0.4) is 0 Å². The van der Waals surface area contributed by atoms with Crippen molar-refractivity contribution in [2.45, 2.75) is 38.1 Å². The van der Waals surface area contributed by atoms with Gasteiger partial charge in [0.1, 0.15) is 0 Å². The second-order valence-electron chi connectivity index (χ2n) is 5.40. The molecule has 0 spiro atoms. The highest BCUT2D eigenvalue weighted by molar-refractivity contribution is 6.30. The SMILES string of the molecule is CCCC(N)(CN1CCCC1)c1ccc(Cl)cc1. The zero-order valence-corrected chi connectivity index (χ0v) is 11.9. The predicted octanol–water partition coefficient (Wildman–Crippen LogP) is 3.39. The molecule has 1 heterocycles. The molecule has 1 aliphatic rings. The first-order valence-corrected chi connectivity index (χ1v) is 7.29. The lowest BCUT2D eigenvalue weighted by Gasteiger charge is -2.34.